The summed E-state index contributed by atoms with van der Waals surface area (Å²) < 4.78 is 5.22. The summed E-state index contributed by atoms with van der Waals surface area (Å²) in [4.78, 5) is 11.7. The van der Waals surface area contributed by atoms with Crippen molar-refractivity contribution in [2.45, 2.75) is 25.9 Å². The molecule has 0 radical (unpaired) electrons. The second-order valence-corrected chi connectivity index (χ2v) is 4.21. The Kier molecular flexibility index (Phi) is 3.57. The number of esters is 1. The molecule has 1 N–H and O–H groups in total. The maximum atomic E-state index is 11.7. The van der Waals surface area contributed by atoms with Gasteiger partial charge in [-0.1, -0.05) is 24.6 Å². The highest BCUT2D eigenvalue weighted by Crippen LogP contribution is 2.26. The van der Waals surface area contributed by atoms with Gasteiger partial charge in [-0.15, -0.1) is 0 Å². The van der Waals surface area contributed by atoms with E-state index in [9.17, 15) is 4.79 Å². The molecule has 0 aliphatic heterocycles. The maximum Gasteiger partial charge on any atom is 0.338 e. The molecule has 0 bridgehead atoms. The Morgan fingerprint density at radius 1 is 1.38 bits per heavy atom. The van der Waals surface area contributed by atoms with Crippen LogP contribution in [0.4, 0.5) is 0 Å². The molecule has 0 spiro atoms. The van der Waals surface area contributed by atoms with Crippen LogP contribution in [0.25, 0.3) is 0 Å². The zero-order valence-electron chi connectivity index (χ0n) is 9.19. The van der Waals surface area contributed by atoms with Crippen molar-refractivity contribution in [1.82, 2.24) is 0 Å². The number of hydrogen-bond acceptors (Lipinski definition) is 3. The first-order valence-corrected chi connectivity index (χ1v) is 5.67. The van der Waals surface area contributed by atoms with E-state index in [1.807, 2.05) is 0 Å². The third kappa shape index (κ3) is 2.42. The SMILES string of the molecule is O=C(OCC1CCC1)c1ccccc1CO. The first-order valence-electron chi connectivity index (χ1n) is 5.67. The molecule has 0 unspecified atom stereocenters. The molecule has 1 aliphatic carbocycles. The van der Waals surface area contributed by atoms with E-state index in [0.29, 0.717) is 23.7 Å². The number of hydrogen-bond donors (Lipinski definition) is 1. The van der Waals surface area contributed by atoms with E-state index in [2.05, 4.69) is 0 Å². The summed E-state index contributed by atoms with van der Waals surface area (Å²) in [6.07, 6.45) is 3.57. The predicted molar refractivity (Wildman–Crippen MR) is 60.0 cm³/mol. The lowest BCUT2D eigenvalue weighted by atomic mass is 9.86. The molecule has 86 valence electrons. The number of carbonyl (C=O) groups excluding carboxylic acids is 1. The molecular formula is C13H16O3. The van der Waals surface area contributed by atoms with Gasteiger partial charge in [0.15, 0.2) is 0 Å². The van der Waals surface area contributed by atoms with Crippen LogP contribution >= 0.6 is 0 Å². The number of ether oxygens (including phenoxy) is 1. The Hall–Kier alpha value is -1.35. The number of aliphatic hydroxyl groups excluding tert-OH is 1. The number of benzene rings is 1. The van der Waals surface area contributed by atoms with Crippen molar-refractivity contribution in [2.24, 2.45) is 5.92 Å². The quantitative estimate of drug-likeness (QED) is 0.791. The highest BCUT2D eigenvalue weighted by Gasteiger charge is 2.20. The van der Waals surface area contributed by atoms with Gasteiger partial charge in [-0.25, -0.2) is 4.79 Å². The van der Waals surface area contributed by atoms with Crippen molar-refractivity contribution in [1.29, 1.82) is 0 Å². The van der Waals surface area contributed by atoms with E-state index >= 15 is 0 Å². The van der Waals surface area contributed by atoms with Crippen LogP contribution in [0.1, 0.15) is 35.2 Å². The summed E-state index contributed by atoms with van der Waals surface area (Å²) in [6.45, 7) is 0.382. The Morgan fingerprint density at radius 3 is 2.75 bits per heavy atom. The van der Waals surface area contributed by atoms with E-state index in [-0.39, 0.29) is 12.6 Å². The lowest BCUT2D eigenvalue weighted by Crippen LogP contribution is -2.20. The standard InChI is InChI=1S/C13H16O3/c14-8-11-6-1-2-7-12(11)13(15)16-9-10-4-3-5-10/h1-2,6-7,10,14H,3-5,8-9H2. The molecule has 1 aromatic rings. The molecule has 0 amide bonds. The van der Waals surface area contributed by atoms with Gasteiger partial charge in [-0.05, 0) is 30.4 Å². The van der Waals surface area contributed by atoms with Crippen molar-refractivity contribution in [3.63, 3.8) is 0 Å². The van der Waals surface area contributed by atoms with Crippen LogP contribution in [-0.4, -0.2) is 17.7 Å². The first-order chi connectivity index (χ1) is 7.81. The van der Waals surface area contributed by atoms with E-state index in [4.69, 9.17) is 9.84 Å². The highest BCUT2D eigenvalue weighted by atomic mass is 16.5. The second kappa shape index (κ2) is 5.12. The molecule has 0 saturated heterocycles. The highest BCUT2D eigenvalue weighted by molar-refractivity contribution is 5.91. The average molecular weight is 220 g/mol. The third-order valence-corrected chi connectivity index (χ3v) is 3.08. The molecule has 1 aliphatic rings. The van der Waals surface area contributed by atoms with Crippen LogP contribution in [0.5, 0.6) is 0 Å². The first kappa shape index (κ1) is 11.1. The third-order valence-electron chi connectivity index (χ3n) is 3.08. The molecule has 3 nitrogen and oxygen atoms in total. The van der Waals surface area contributed by atoms with Crippen LogP contribution in [0.15, 0.2) is 24.3 Å². The smallest absolute Gasteiger partial charge is 0.338 e. The molecule has 1 aromatic carbocycles. The summed E-state index contributed by atoms with van der Waals surface area (Å²) in [5.41, 5.74) is 1.10. The summed E-state index contributed by atoms with van der Waals surface area (Å²) in [6, 6.07) is 7.00. The fourth-order valence-electron chi connectivity index (χ4n) is 1.79. The van der Waals surface area contributed by atoms with Gasteiger partial charge in [0.1, 0.15) is 0 Å². The van der Waals surface area contributed by atoms with Gasteiger partial charge in [0.2, 0.25) is 0 Å². The van der Waals surface area contributed by atoms with Crippen LogP contribution < -0.4 is 0 Å². The van der Waals surface area contributed by atoms with Gasteiger partial charge >= 0.3 is 5.97 Å². The minimum absolute atomic E-state index is 0.130. The Bertz CT molecular complexity index is 369. The van der Waals surface area contributed by atoms with Crippen molar-refractivity contribution >= 4 is 5.97 Å². The van der Waals surface area contributed by atoms with Crippen LogP contribution in [0, 0.1) is 5.92 Å². The Balaban J connectivity index is 1.96. The fourth-order valence-corrected chi connectivity index (χ4v) is 1.79. The average Bonchev–Trinajstić information content (AvgIpc) is 2.26. The summed E-state index contributed by atoms with van der Waals surface area (Å²) in [5, 5.41) is 9.09. The van der Waals surface area contributed by atoms with E-state index in [1.54, 1.807) is 24.3 Å². The number of carbonyl (C=O) groups is 1. The maximum absolute atomic E-state index is 11.7. The zero-order chi connectivity index (χ0) is 11.4. The largest absolute Gasteiger partial charge is 0.462 e. The molecule has 0 atom stereocenters. The van der Waals surface area contributed by atoms with Gasteiger partial charge in [0.05, 0.1) is 18.8 Å². The van der Waals surface area contributed by atoms with Crippen molar-refractivity contribution in [3.05, 3.63) is 35.4 Å². The number of rotatable bonds is 4. The van der Waals surface area contributed by atoms with Gasteiger partial charge in [-0.3, -0.25) is 0 Å². The minimum atomic E-state index is -0.323. The molecular weight excluding hydrogens is 204 g/mol. The molecule has 0 heterocycles. The molecule has 1 saturated carbocycles. The molecule has 0 aromatic heterocycles. The minimum Gasteiger partial charge on any atom is -0.462 e. The van der Waals surface area contributed by atoms with E-state index in [0.717, 1.165) is 12.8 Å². The molecule has 16 heavy (non-hydrogen) atoms. The Morgan fingerprint density at radius 2 is 2.12 bits per heavy atom. The fraction of sp³-hybridized carbons (Fsp3) is 0.462. The van der Waals surface area contributed by atoms with Crippen LogP contribution in [0.3, 0.4) is 0 Å². The summed E-state index contributed by atoms with van der Waals surface area (Å²) in [7, 11) is 0. The number of aliphatic hydroxyl groups is 1. The van der Waals surface area contributed by atoms with Gasteiger partial charge < -0.3 is 9.84 Å². The van der Waals surface area contributed by atoms with Crippen molar-refractivity contribution in [2.75, 3.05) is 6.61 Å². The summed E-state index contributed by atoms with van der Waals surface area (Å²) >= 11 is 0. The topological polar surface area (TPSA) is 46.5 Å². The van der Waals surface area contributed by atoms with Crippen LogP contribution in [-0.2, 0) is 11.3 Å². The van der Waals surface area contributed by atoms with E-state index in [1.165, 1.54) is 6.42 Å². The summed E-state index contributed by atoms with van der Waals surface area (Å²) in [5.74, 6) is 0.224. The lowest BCUT2D eigenvalue weighted by Gasteiger charge is -2.24. The van der Waals surface area contributed by atoms with Gasteiger partial charge in [0, 0.05) is 0 Å². The van der Waals surface area contributed by atoms with Gasteiger partial charge in [0.25, 0.3) is 0 Å². The molecule has 2 rings (SSSR count). The normalized spacial score (nSPS) is 15.6. The predicted octanol–water partition coefficient (Wildman–Crippen LogP) is 2.14. The van der Waals surface area contributed by atoms with Crippen LogP contribution in [0.2, 0.25) is 0 Å². The van der Waals surface area contributed by atoms with Gasteiger partial charge in [-0.2, -0.15) is 0 Å². The lowest BCUT2D eigenvalue weighted by molar-refractivity contribution is 0.0368. The molecule has 1 fully saturated rings. The van der Waals surface area contributed by atoms with Crippen molar-refractivity contribution in [3.8, 4) is 0 Å². The molecule has 3 heteroatoms. The van der Waals surface area contributed by atoms with Crippen molar-refractivity contribution < 1.29 is 14.6 Å². The second-order valence-electron chi connectivity index (χ2n) is 4.21. The monoisotopic (exact) mass is 220 g/mol. The zero-order valence-corrected chi connectivity index (χ0v) is 9.19. The van der Waals surface area contributed by atoms with E-state index < -0.39 is 0 Å². The Labute approximate surface area is 95.0 Å².